The predicted octanol–water partition coefficient (Wildman–Crippen LogP) is 1.73. The van der Waals surface area contributed by atoms with E-state index in [0.29, 0.717) is 23.2 Å². The highest BCUT2D eigenvalue weighted by Crippen LogP contribution is 2.26. The standard InChI is InChI=1S/C12H17N3O4S/c1-7-3-8(10(16)17)6-15(5-7)12(18)14-11-13-4-9(19-2)20-11/h4,7-8H,3,5-6H2,1-2H3,(H,16,17)(H,13,14,18). The number of carbonyl (C=O) groups excluding carboxylic acids is 1. The molecule has 20 heavy (non-hydrogen) atoms. The number of urea groups is 1. The summed E-state index contributed by atoms with van der Waals surface area (Å²) in [6.45, 7) is 2.73. The topological polar surface area (TPSA) is 91.8 Å². The maximum absolute atomic E-state index is 12.1. The summed E-state index contributed by atoms with van der Waals surface area (Å²) < 4.78 is 5.00. The Labute approximate surface area is 120 Å². The molecule has 1 fully saturated rings. The molecule has 7 nitrogen and oxygen atoms in total. The first kappa shape index (κ1) is 14.6. The monoisotopic (exact) mass is 299 g/mol. The van der Waals surface area contributed by atoms with Crippen LogP contribution in [0.2, 0.25) is 0 Å². The summed E-state index contributed by atoms with van der Waals surface area (Å²) in [5.74, 6) is -1.19. The van der Waals surface area contributed by atoms with Crippen molar-refractivity contribution in [3.8, 4) is 5.06 Å². The van der Waals surface area contributed by atoms with E-state index in [2.05, 4.69) is 10.3 Å². The van der Waals surface area contributed by atoms with E-state index in [-0.39, 0.29) is 18.5 Å². The Morgan fingerprint density at radius 2 is 2.30 bits per heavy atom. The van der Waals surface area contributed by atoms with Gasteiger partial charge in [-0.2, -0.15) is 0 Å². The summed E-state index contributed by atoms with van der Waals surface area (Å²) in [7, 11) is 1.53. The van der Waals surface area contributed by atoms with Crippen LogP contribution in [0.15, 0.2) is 6.20 Å². The van der Waals surface area contributed by atoms with Crippen molar-refractivity contribution in [3.05, 3.63) is 6.20 Å². The number of likely N-dealkylation sites (tertiary alicyclic amines) is 1. The summed E-state index contributed by atoms with van der Waals surface area (Å²) >= 11 is 1.22. The van der Waals surface area contributed by atoms with Gasteiger partial charge < -0.3 is 14.7 Å². The molecule has 2 heterocycles. The number of nitrogens with one attached hydrogen (secondary N) is 1. The van der Waals surface area contributed by atoms with Crippen LogP contribution in [-0.2, 0) is 4.79 Å². The van der Waals surface area contributed by atoms with Crippen molar-refractivity contribution >= 4 is 28.5 Å². The minimum atomic E-state index is -0.856. The summed E-state index contributed by atoms with van der Waals surface area (Å²) in [4.78, 5) is 28.8. The first-order chi connectivity index (χ1) is 9.49. The zero-order chi connectivity index (χ0) is 14.7. The number of hydrogen-bond acceptors (Lipinski definition) is 5. The number of methoxy groups -OCH3 is 1. The molecule has 1 saturated heterocycles. The van der Waals surface area contributed by atoms with E-state index >= 15 is 0 Å². The van der Waals surface area contributed by atoms with Gasteiger partial charge in [-0.25, -0.2) is 9.78 Å². The largest absolute Gasteiger partial charge is 0.486 e. The molecular formula is C12H17N3O4S. The second-order valence-corrected chi connectivity index (χ2v) is 5.89. The first-order valence-electron chi connectivity index (χ1n) is 6.28. The fraction of sp³-hybridized carbons (Fsp3) is 0.583. The van der Waals surface area contributed by atoms with Crippen molar-refractivity contribution in [2.45, 2.75) is 13.3 Å². The van der Waals surface area contributed by atoms with Crippen molar-refractivity contribution in [1.82, 2.24) is 9.88 Å². The fourth-order valence-corrected chi connectivity index (χ4v) is 2.90. The van der Waals surface area contributed by atoms with Gasteiger partial charge in [-0.15, -0.1) is 0 Å². The van der Waals surface area contributed by atoms with Crippen molar-refractivity contribution in [3.63, 3.8) is 0 Å². The molecule has 0 saturated carbocycles. The number of carboxylic acid groups (broad SMARTS) is 1. The first-order valence-corrected chi connectivity index (χ1v) is 7.09. The second-order valence-electron chi connectivity index (χ2n) is 4.90. The summed E-state index contributed by atoms with van der Waals surface area (Å²) in [5, 5.41) is 12.8. The van der Waals surface area contributed by atoms with Crippen LogP contribution in [0.4, 0.5) is 9.93 Å². The Kier molecular flexibility index (Phi) is 4.43. The van der Waals surface area contributed by atoms with Gasteiger partial charge in [0.1, 0.15) is 0 Å². The van der Waals surface area contributed by atoms with Gasteiger partial charge in [0.15, 0.2) is 10.2 Å². The third-order valence-electron chi connectivity index (χ3n) is 3.20. The Morgan fingerprint density at radius 1 is 1.55 bits per heavy atom. The molecule has 110 valence electrons. The average molecular weight is 299 g/mol. The zero-order valence-electron chi connectivity index (χ0n) is 11.3. The summed E-state index contributed by atoms with van der Waals surface area (Å²) in [5.41, 5.74) is 0. The van der Waals surface area contributed by atoms with E-state index in [1.165, 1.54) is 29.5 Å². The van der Waals surface area contributed by atoms with Gasteiger partial charge in [0.05, 0.1) is 19.2 Å². The molecule has 1 aliphatic heterocycles. The van der Waals surface area contributed by atoms with E-state index < -0.39 is 11.9 Å². The Hall–Kier alpha value is -1.83. The van der Waals surface area contributed by atoms with Gasteiger partial charge >= 0.3 is 12.0 Å². The zero-order valence-corrected chi connectivity index (χ0v) is 12.1. The molecule has 2 unspecified atom stereocenters. The molecule has 0 radical (unpaired) electrons. The maximum Gasteiger partial charge on any atom is 0.323 e. The smallest absolute Gasteiger partial charge is 0.323 e. The third kappa shape index (κ3) is 3.38. The van der Waals surface area contributed by atoms with Crippen molar-refractivity contribution in [2.75, 3.05) is 25.5 Å². The van der Waals surface area contributed by atoms with Gasteiger partial charge in [0.2, 0.25) is 0 Å². The molecule has 1 aliphatic rings. The molecule has 2 N–H and O–H groups in total. The van der Waals surface area contributed by atoms with Crippen LogP contribution < -0.4 is 10.1 Å². The lowest BCUT2D eigenvalue weighted by Crippen LogP contribution is -2.47. The molecule has 8 heteroatoms. The number of aromatic nitrogens is 1. The van der Waals surface area contributed by atoms with Crippen LogP contribution in [0.5, 0.6) is 5.06 Å². The van der Waals surface area contributed by atoms with E-state index in [1.54, 1.807) is 0 Å². The molecule has 0 bridgehead atoms. The number of thiazole rings is 1. The van der Waals surface area contributed by atoms with Crippen LogP contribution in [0.3, 0.4) is 0 Å². The van der Waals surface area contributed by atoms with Crippen LogP contribution in [0, 0.1) is 11.8 Å². The molecule has 1 aromatic heterocycles. The van der Waals surface area contributed by atoms with Gasteiger partial charge in [-0.3, -0.25) is 10.1 Å². The second kappa shape index (κ2) is 6.08. The Balaban J connectivity index is 1.99. The molecular weight excluding hydrogens is 282 g/mol. The number of aliphatic carboxylic acids is 1. The molecule has 0 aromatic carbocycles. The summed E-state index contributed by atoms with van der Waals surface area (Å²) in [6, 6.07) is -0.320. The lowest BCUT2D eigenvalue weighted by atomic mass is 9.91. The van der Waals surface area contributed by atoms with E-state index in [9.17, 15) is 9.59 Å². The van der Waals surface area contributed by atoms with Crippen LogP contribution in [0.1, 0.15) is 13.3 Å². The highest BCUT2D eigenvalue weighted by atomic mass is 32.1. The number of rotatable bonds is 3. The van der Waals surface area contributed by atoms with Gasteiger partial charge in [-0.1, -0.05) is 18.3 Å². The highest BCUT2D eigenvalue weighted by Gasteiger charge is 2.32. The highest BCUT2D eigenvalue weighted by molar-refractivity contribution is 7.17. The number of carbonyl (C=O) groups is 2. The van der Waals surface area contributed by atoms with Gasteiger partial charge in [0.25, 0.3) is 0 Å². The SMILES string of the molecule is COc1cnc(NC(=O)N2CC(C)CC(C(=O)O)C2)s1. The number of carboxylic acids is 1. The van der Waals surface area contributed by atoms with Crippen molar-refractivity contribution < 1.29 is 19.4 Å². The lowest BCUT2D eigenvalue weighted by Gasteiger charge is -2.34. The molecule has 0 spiro atoms. The number of anilines is 1. The van der Waals surface area contributed by atoms with Crippen LogP contribution in [0.25, 0.3) is 0 Å². The van der Waals surface area contributed by atoms with E-state index in [4.69, 9.17) is 9.84 Å². The summed E-state index contributed by atoms with van der Waals surface area (Å²) in [6.07, 6.45) is 2.13. The number of hydrogen-bond donors (Lipinski definition) is 2. The molecule has 2 rings (SSSR count). The molecule has 2 atom stereocenters. The lowest BCUT2D eigenvalue weighted by molar-refractivity contribution is -0.143. The van der Waals surface area contributed by atoms with Gasteiger partial charge in [0, 0.05) is 13.1 Å². The Bertz CT molecular complexity index is 505. The van der Waals surface area contributed by atoms with Crippen molar-refractivity contribution in [2.24, 2.45) is 11.8 Å². The van der Waals surface area contributed by atoms with E-state index in [0.717, 1.165) is 0 Å². The quantitative estimate of drug-likeness (QED) is 0.886. The van der Waals surface area contributed by atoms with Crippen LogP contribution in [-0.4, -0.2) is 47.2 Å². The fourth-order valence-electron chi connectivity index (χ4n) is 2.28. The minimum Gasteiger partial charge on any atom is -0.486 e. The molecule has 0 aliphatic carbocycles. The number of nitrogens with zero attached hydrogens (tertiary/aromatic N) is 2. The van der Waals surface area contributed by atoms with Crippen LogP contribution >= 0.6 is 11.3 Å². The van der Waals surface area contributed by atoms with Gasteiger partial charge in [-0.05, 0) is 12.3 Å². The normalized spacial score (nSPS) is 22.4. The Morgan fingerprint density at radius 3 is 2.90 bits per heavy atom. The average Bonchev–Trinajstić information content (AvgIpc) is 2.85. The van der Waals surface area contributed by atoms with E-state index in [1.807, 2.05) is 6.92 Å². The molecule has 2 amide bonds. The maximum atomic E-state index is 12.1. The predicted molar refractivity (Wildman–Crippen MR) is 74.2 cm³/mol. The number of ether oxygens (including phenoxy) is 1. The number of amides is 2. The minimum absolute atomic E-state index is 0.168. The molecule has 1 aromatic rings. The number of piperidine rings is 1. The van der Waals surface area contributed by atoms with Crippen molar-refractivity contribution in [1.29, 1.82) is 0 Å². The third-order valence-corrected chi connectivity index (χ3v) is 4.07.